The van der Waals surface area contributed by atoms with E-state index in [0.717, 1.165) is 0 Å². The summed E-state index contributed by atoms with van der Waals surface area (Å²) in [4.78, 5) is 10.4. The molecule has 0 spiro atoms. The van der Waals surface area contributed by atoms with E-state index in [1.165, 1.54) is 12.0 Å². The molecule has 0 aromatic heterocycles. The summed E-state index contributed by atoms with van der Waals surface area (Å²) in [5.74, 6) is 0. The number of nitrogens with two attached hydrogens (primary N) is 1. The Balaban J connectivity index is -0.000000135. The number of aliphatic hydroxyl groups is 2. The van der Waals surface area contributed by atoms with Crippen LogP contribution in [0.25, 0.3) is 0 Å². The van der Waals surface area contributed by atoms with Crippen LogP contribution in [0, 0.1) is 0 Å². The second kappa shape index (κ2) is 14.4. The summed E-state index contributed by atoms with van der Waals surface area (Å²) < 4.78 is 3.86. The van der Waals surface area contributed by atoms with Crippen molar-refractivity contribution in [3.8, 4) is 0 Å². The molecule has 0 aliphatic heterocycles. The minimum atomic E-state index is -0.500. The lowest BCUT2D eigenvalue weighted by Gasteiger charge is -2.03. The average Bonchev–Trinajstić information content (AvgIpc) is 2.03. The van der Waals surface area contributed by atoms with Crippen LogP contribution >= 0.6 is 24.4 Å². The van der Waals surface area contributed by atoms with Gasteiger partial charge in [-0.2, -0.15) is 0 Å². The van der Waals surface area contributed by atoms with Crippen LogP contribution in [0.2, 0.25) is 0 Å². The van der Waals surface area contributed by atoms with Gasteiger partial charge in [0.2, 0.25) is 0 Å². The molecule has 0 unspecified atom stereocenters. The van der Waals surface area contributed by atoms with Crippen molar-refractivity contribution in [2.45, 2.75) is 0 Å². The molecule has 0 aromatic carbocycles. The number of hydrogen-bond acceptors (Lipinski definition) is 4. The SMILES string of the molecule is CN(C)C(O)=S.COC=O.NC(O)=S. The normalized spacial score (nSPS) is 6.50. The van der Waals surface area contributed by atoms with Gasteiger partial charge in [-0.15, -0.1) is 0 Å². The molecule has 0 heterocycles. The van der Waals surface area contributed by atoms with E-state index in [2.05, 4.69) is 34.9 Å². The largest absolute Gasteiger partial charge is 0.487 e. The number of ether oxygens (including phenoxy) is 1. The quantitative estimate of drug-likeness (QED) is 0.436. The maximum Gasteiger partial charge on any atom is 0.292 e. The Kier molecular flexibility index (Phi) is 19.1. The highest BCUT2D eigenvalue weighted by atomic mass is 32.1. The highest BCUT2D eigenvalue weighted by molar-refractivity contribution is 7.80. The van der Waals surface area contributed by atoms with Crippen LogP contribution in [-0.4, -0.2) is 53.1 Å². The van der Waals surface area contributed by atoms with E-state index in [0.29, 0.717) is 6.47 Å². The summed E-state index contributed by atoms with van der Waals surface area (Å²) in [5, 5.41) is 15.3. The molecule has 14 heavy (non-hydrogen) atoms. The highest BCUT2D eigenvalue weighted by Crippen LogP contribution is 1.71. The van der Waals surface area contributed by atoms with Gasteiger partial charge in [0.1, 0.15) is 0 Å². The molecule has 84 valence electrons. The number of aliphatic hydroxyl groups excluding tert-OH is 2. The van der Waals surface area contributed by atoms with Gasteiger partial charge in [0.25, 0.3) is 16.8 Å². The number of methoxy groups -OCH3 is 1. The van der Waals surface area contributed by atoms with E-state index in [9.17, 15) is 0 Å². The van der Waals surface area contributed by atoms with Crippen molar-refractivity contribution in [2.24, 2.45) is 5.73 Å². The fourth-order valence-electron chi connectivity index (χ4n) is 0. The van der Waals surface area contributed by atoms with Crippen molar-refractivity contribution in [1.82, 2.24) is 4.90 Å². The lowest BCUT2D eigenvalue weighted by atomic mass is 10.9. The molecule has 0 amide bonds. The number of hydrogen-bond donors (Lipinski definition) is 3. The molecule has 0 saturated carbocycles. The van der Waals surface area contributed by atoms with Crippen LogP contribution in [0.4, 0.5) is 0 Å². The van der Waals surface area contributed by atoms with E-state index >= 15 is 0 Å². The number of carbonyl (C=O) groups excluding carboxylic acids is 1. The molecule has 6 nitrogen and oxygen atoms in total. The third kappa shape index (κ3) is 71.0. The summed E-state index contributed by atoms with van der Waals surface area (Å²) in [6, 6.07) is 0. The van der Waals surface area contributed by atoms with Crippen LogP contribution in [0.3, 0.4) is 0 Å². The van der Waals surface area contributed by atoms with Crippen molar-refractivity contribution in [3.63, 3.8) is 0 Å². The monoisotopic (exact) mass is 242 g/mol. The fourth-order valence-corrected chi connectivity index (χ4v) is 0. The van der Waals surface area contributed by atoms with Gasteiger partial charge in [-0.3, -0.25) is 4.79 Å². The van der Waals surface area contributed by atoms with Crippen molar-refractivity contribution < 1.29 is 19.7 Å². The molecular weight excluding hydrogens is 228 g/mol. The molecule has 4 N–H and O–H groups in total. The van der Waals surface area contributed by atoms with Crippen molar-refractivity contribution in [2.75, 3.05) is 21.2 Å². The lowest BCUT2D eigenvalue weighted by molar-refractivity contribution is -0.126. The first-order valence-corrected chi connectivity index (χ1v) is 3.96. The Labute approximate surface area is 93.3 Å². The van der Waals surface area contributed by atoms with Gasteiger partial charge in [0.15, 0.2) is 0 Å². The Hall–Kier alpha value is -1.15. The van der Waals surface area contributed by atoms with Gasteiger partial charge >= 0.3 is 0 Å². The van der Waals surface area contributed by atoms with Gasteiger partial charge in [0, 0.05) is 14.1 Å². The molecule has 0 saturated heterocycles. The topological polar surface area (TPSA) is 96.0 Å². The Morgan fingerprint density at radius 3 is 1.57 bits per heavy atom. The number of rotatable bonds is 1. The zero-order valence-corrected chi connectivity index (χ0v) is 9.76. The van der Waals surface area contributed by atoms with Gasteiger partial charge in [-0.05, 0) is 24.4 Å². The summed E-state index contributed by atoms with van der Waals surface area (Å²) >= 11 is 8.17. The van der Waals surface area contributed by atoms with Crippen molar-refractivity contribution in [1.29, 1.82) is 0 Å². The molecule has 0 aliphatic rings. The Morgan fingerprint density at radius 2 is 1.57 bits per heavy atom. The van der Waals surface area contributed by atoms with Crippen LogP contribution in [0.15, 0.2) is 0 Å². The predicted molar refractivity (Wildman–Crippen MR) is 61.4 cm³/mol. The van der Waals surface area contributed by atoms with Crippen LogP contribution < -0.4 is 5.73 Å². The minimum Gasteiger partial charge on any atom is -0.487 e. The number of thiocarbonyl (C=S) groups is 2. The second-order valence-corrected chi connectivity index (χ2v) is 2.63. The van der Waals surface area contributed by atoms with Crippen LogP contribution in [0.5, 0.6) is 0 Å². The van der Waals surface area contributed by atoms with Gasteiger partial charge in [0.05, 0.1) is 7.11 Å². The molecule has 0 fully saturated rings. The maximum atomic E-state index is 8.95. The number of nitrogens with zero attached hydrogens (tertiary/aromatic N) is 1. The predicted octanol–water partition coefficient (Wildman–Crippen LogP) is -0.0319. The maximum absolute atomic E-state index is 8.95. The van der Waals surface area contributed by atoms with E-state index in [4.69, 9.17) is 15.0 Å². The fraction of sp³-hybridized carbons (Fsp3) is 0.500. The molecule has 0 aromatic rings. The zero-order chi connectivity index (χ0) is 12.1. The van der Waals surface area contributed by atoms with E-state index in [-0.39, 0.29) is 5.17 Å². The molecule has 0 bridgehead atoms. The third-order valence-electron chi connectivity index (χ3n) is 0.479. The second-order valence-electron chi connectivity index (χ2n) is 1.85. The van der Waals surface area contributed by atoms with Crippen LogP contribution in [-0.2, 0) is 9.53 Å². The third-order valence-corrected chi connectivity index (χ3v) is 0.844. The molecule has 8 heteroatoms. The summed E-state index contributed by atoms with van der Waals surface area (Å²) in [6.07, 6.45) is 0. The smallest absolute Gasteiger partial charge is 0.292 e. The first-order valence-electron chi connectivity index (χ1n) is 3.14. The standard InChI is InChI=1S/C3H7NOS.C2H4O2.CH3NOS/c1-4(2)3(5)6;1-4-2-3;2-1(3)4/h1-2H3,(H,5,6);2H,1H3;(H3,2,3,4). The lowest BCUT2D eigenvalue weighted by Crippen LogP contribution is -2.17. The molecule has 0 atom stereocenters. The molecule has 0 rings (SSSR count). The van der Waals surface area contributed by atoms with Gasteiger partial charge in [-0.25, -0.2) is 0 Å². The van der Waals surface area contributed by atoms with Gasteiger partial charge < -0.3 is 25.6 Å². The first-order chi connectivity index (χ1) is 6.29. The van der Waals surface area contributed by atoms with E-state index in [1.807, 2.05) is 0 Å². The average molecular weight is 242 g/mol. The van der Waals surface area contributed by atoms with Gasteiger partial charge in [-0.1, -0.05) is 0 Å². The summed E-state index contributed by atoms with van der Waals surface area (Å²) in [7, 11) is 4.68. The zero-order valence-electron chi connectivity index (χ0n) is 8.13. The van der Waals surface area contributed by atoms with Crippen molar-refractivity contribution in [3.05, 3.63) is 0 Å². The van der Waals surface area contributed by atoms with E-state index < -0.39 is 5.17 Å². The first kappa shape index (κ1) is 18.6. The van der Waals surface area contributed by atoms with Crippen molar-refractivity contribution >= 4 is 41.3 Å². The summed E-state index contributed by atoms with van der Waals surface area (Å²) in [5.41, 5.74) is 4.40. The van der Waals surface area contributed by atoms with Crippen LogP contribution in [0.1, 0.15) is 0 Å². The minimum absolute atomic E-state index is 0.0741. The summed E-state index contributed by atoms with van der Waals surface area (Å²) in [6.45, 7) is 0.375. The molecule has 0 radical (unpaired) electrons. The molecule has 0 aliphatic carbocycles. The highest BCUT2D eigenvalue weighted by Gasteiger charge is 1.86. The number of carbonyl (C=O) groups is 1. The Bertz CT molecular complexity index is 171. The Morgan fingerprint density at radius 1 is 1.43 bits per heavy atom. The van der Waals surface area contributed by atoms with E-state index in [1.54, 1.807) is 14.1 Å². The molecular formula is C6H14N2O4S2.